The highest BCUT2D eigenvalue weighted by molar-refractivity contribution is 7.88. The molecule has 1 heterocycles. The summed E-state index contributed by atoms with van der Waals surface area (Å²) in [4.78, 5) is 2.78. The van der Waals surface area contributed by atoms with Gasteiger partial charge in [0.05, 0.1) is 17.9 Å². The second-order valence-electron chi connectivity index (χ2n) is 5.64. The summed E-state index contributed by atoms with van der Waals surface area (Å²) in [7, 11) is -1.41. The first-order valence-electron chi connectivity index (χ1n) is 7.27. The van der Waals surface area contributed by atoms with Crippen LogP contribution in [0.15, 0.2) is 0 Å². The largest absolute Gasteiger partial charge is 0.393 e. The Hall–Kier alpha value is -0.280. The van der Waals surface area contributed by atoms with Crippen LogP contribution in [0.2, 0.25) is 0 Å². The van der Waals surface area contributed by atoms with Crippen LogP contribution in [0, 0.1) is 5.92 Å². The van der Waals surface area contributed by atoms with E-state index < -0.39 is 10.0 Å². The first kappa shape index (κ1) is 18.8. The third-order valence-corrected chi connectivity index (χ3v) is 5.23. The summed E-state index contributed by atoms with van der Waals surface area (Å²) < 4.78 is 30.0. The molecule has 0 aromatic rings. The van der Waals surface area contributed by atoms with Crippen LogP contribution in [-0.2, 0) is 14.8 Å². The van der Waals surface area contributed by atoms with Crippen LogP contribution >= 0.6 is 12.2 Å². The molecule has 2 N–H and O–H groups in total. The number of hydrogen-bond donors (Lipinski definition) is 1. The highest BCUT2D eigenvalue weighted by atomic mass is 32.2. The van der Waals surface area contributed by atoms with Gasteiger partial charge in [0.1, 0.15) is 0 Å². The summed E-state index contributed by atoms with van der Waals surface area (Å²) >= 11 is 4.93. The van der Waals surface area contributed by atoms with Gasteiger partial charge in [0, 0.05) is 46.3 Å². The number of piperidine rings is 1. The van der Waals surface area contributed by atoms with Crippen LogP contribution in [0.25, 0.3) is 0 Å². The molecule has 0 aliphatic carbocycles. The lowest BCUT2D eigenvalue weighted by molar-refractivity contribution is 0.125. The maximum absolute atomic E-state index is 11.7. The average molecular weight is 338 g/mol. The fourth-order valence-corrected chi connectivity index (χ4v) is 3.66. The van der Waals surface area contributed by atoms with Crippen LogP contribution in [0.3, 0.4) is 0 Å². The molecular formula is C13H27N3O3S2. The van der Waals surface area contributed by atoms with Crippen LogP contribution in [0.5, 0.6) is 0 Å². The Morgan fingerprint density at radius 3 is 2.76 bits per heavy atom. The van der Waals surface area contributed by atoms with Crippen molar-refractivity contribution in [1.29, 1.82) is 0 Å². The molecule has 8 heteroatoms. The second-order valence-corrected chi connectivity index (χ2v) is 8.15. The maximum atomic E-state index is 11.7. The normalized spacial score (nSPS) is 20.8. The quantitative estimate of drug-likeness (QED) is 0.609. The predicted molar refractivity (Wildman–Crippen MR) is 88.9 cm³/mol. The van der Waals surface area contributed by atoms with Gasteiger partial charge in [-0.25, -0.2) is 12.7 Å². The van der Waals surface area contributed by atoms with Crippen molar-refractivity contribution in [1.82, 2.24) is 9.21 Å². The van der Waals surface area contributed by atoms with Gasteiger partial charge in [-0.1, -0.05) is 12.2 Å². The van der Waals surface area contributed by atoms with Gasteiger partial charge in [0.25, 0.3) is 0 Å². The van der Waals surface area contributed by atoms with Crippen molar-refractivity contribution in [3.05, 3.63) is 0 Å². The van der Waals surface area contributed by atoms with Gasteiger partial charge in [-0.2, -0.15) is 0 Å². The summed E-state index contributed by atoms with van der Waals surface area (Å²) in [5.41, 5.74) is 5.57. The number of nitrogens with two attached hydrogens (primary N) is 1. The molecular weight excluding hydrogens is 310 g/mol. The fraction of sp³-hybridized carbons (Fsp3) is 0.923. The highest BCUT2D eigenvalue weighted by Crippen LogP contribution is 2.19. The standard InChI is InChI=1S/C13H27N3O3S2/c1-19-9-8-15(7-5-13(14)20)10-12-4-3-6-16(11-12)21(2,17)18/h12H,3-11H2,1-2H3,(H2,14,20). The third-order valence-electron chi connectivity index (χ3n) is 3.75. The third kappa shape index (κ3) is 7.51. The monoisotopic (exact) mass is 337 g/mol. The predicted octanol–water partition coefficient (Wildman–Crippen LogP) is 0.283. The number of thiocarbonyl (C=S) groups is 1. The maximum Gasteiger partial charge on any atom is 0.211 e. The molecule has 1 saturated heterocycles. The topological polar surface area (TPSA) is 75.9 Å². The number of nitrogens with zero attached hydrogens (tertiary/aromatic N) is 2. The summed E-state index contributed by atoms with van der Waals surface area (Å²) in [6.45, 7) is 4.37. The summed E-state index contributed by atoms with van der Waals surface area (Å²) in [6.07, 6.45) is 3.94. The second kappa shape index (κ2) is 8.99. The smallest absolute Gasteiger partial charge is 0.211 e. The van der Waals surface area contributed by atoms with E-state index in [1.807, 2.05) is 0 Å². The van der Waals surface area contributed by atoms with Gasteiger partial charge in [-0.05, 0) is 18.8 Å². The molecule has 1 unspecified atom stereocenters. The first-order chi connectivity index (χ1) is 9.82. The Morgan fingerprint density at radius 2 is 2.19 bits per heavy atom. The van der Waals surface area contributed by atoms with Crippen molar-refractivity contribution >= 4 is 27.2 Å². The lowest BCUT2D eigenvalue weighted by atomic mass is 9.99. The van der Waals surface area contributed by atoms with E-state index in [1.54, 1.807) is 11.4 Å². The molecule has 1 aliphatic heterocycles. The van der Waals surface area contributed by atoms with Gasteiger partial charge in [0.15, 0.2) is 0 Å². The van der Waals surface area contributed by atoms with E-state index in [0.29, 0.717) is 37.0 Å². The Balaban J connectivity index is 2.53. The molecule has 1 atom stereocenters. The van der Waals surface area contributed by atoms with E-state index in [-0.39, 0.29) is 0 Å². The average Bonchev–Trinajstić information content (AvgIpc) is 2.41. The lowest BCUT2D eigenvalue weighted by Gasteiger charge is -2.34. The highest BCUT2D eigenvalue weighted by Gasteiger charge is 2.27. The SMILES string of the molecule is COCCN(CCC(N)=S)CC1CCCN(S(C)(=O)=O)C1. The number of ether oxygens (including phenoxy) is 1. The Kier molecular flexibility index (Phi) is 8.04. The van der Waals surface area contributed by atoms with E-state index in [2.05, 4.69) is 4.90 Å². The molecule has 1 fully saturated rings. The van der Waals surface area contributed by atoms with Gasteiger partial charge < -0.3 is 15.4 Å². The van der Waals surface area contributed by atoms with E-state index in [1.165, 1.54) is 6.26 Å². The van der Waals surface area contributed by atoms with Crippen molar-refractivity contribution < 1.29 is 13.2 Å². The van der Waals surface area contributed by atoms with Crippen LogP contribution in [-0.4, -0.2) is 75.3 Å². The molecule has 0 amide bonds. The molecule has 21 heavy (non-hydrogen) atoms. The van der Waals surface area contributed by atoms with E-state index in [0.717, 1.165) is 32.5 Å². The zero-order chi connectivity index (χ0) is 15.9. The van der Waals surface area contributed by atoms with E-state index in [4.69, 9.17) is 22.7 Å². The Morgan fingerprint density at radius 1 is 1.48 bits per heavy atom. The van der Waals surface area contributed by atoms with Gasteiger partial charge >= 0.3 is 0 Å². The van der Waals surface area contributed by atoms with Crippen molar-refractivity contribution in [3.8, 4) is 0 Å². The Bertz CT molecular complexity index is 428. The summed E-state index contributed by atoms with van der Waals surface area (Å²) in [5.74, 6) is 0.358. The van der Waals surface area contributed by atoms with Crippen molar-refractivity contribution in [2.45, 2.75) is 19.3 Å². The van der Waals surface area contributed by atoms with Gasteiger partial charge in [-0.3, -0.25) is 0 Å². The zero-order valence-electron chi connectivity index (χ0n) is 13.0. The molecule has 1 aliphatic rings. The fourth-order valence-electron chi connectivity index (χ4n) is 2.63. The van der Waals surface area contributed by atoms with Crippen LogP contribution in [0.4, 0.5) is 0 Å². The number of hydrogen-bond acceptors (Lipinski definition) is 5. The van der Waals surface area contributed by atoms with Gasteiger partial charge in [0.2, 0.25) is 10.0 Å². The summed E-state index contributed by atoms with van der Waals surface area (Å²) in [5, 5.41) is 0. The molecule has 0 radical (unpaired) electrons. The van der Waals surface area contributed by atoms with Crippen LogP contribution in [0.1, 0.15) is 19.3 Å². The molecule has 0 saturated carbocycles. The molecule has 0 bridgehead atoms. The van der Waals surface area contributed by atoms with E-state index >= 15 is 0 Å². The molecule has 0 spiro atoms. The molecule has 6 nitrogen and oxygen atoms in total. The molecule has 1 rings (SSSR count). The van der Waals surface area contributed by atoms with Crippen LogP contribution < -0.4 is 5.73 Å². The number of rotatable bonds is 9. The first-order valence-corrected chi connectivity index (χ1v) is 9.53. The van der Waals surface area contributed by atoms with Gasteiger partial charge in [-0.15, -0.1) is 0 Å². The van der Waals surface area contributed by atoms with Crippen molar-refractivity contribution in [2.24, 2.45) is 11.7 Å². The minimum atomic E-state index is -3.09. The minimum absolute atomic E-state index is 0.358. The van der Waals surface area contributed by atoms with Crippen molar-refractivity contribution in [2.75, 3.05) is 52.7 Å². The molecule has 0 aromatic heterocycles. The minimum Gasteiger partial charge on any atom is -0.393 e. The molecule has 0 aromatic carbocycles. The molecule has 124 valence electrons. The Labute approximate surface area is 133 Å². The number of methoxy groups -OCH3 is 1. The lowest BCUT2D eigenvalue weighted by Crippen LogP contribution is -2.44. The summed E-state index contributed by atoms with van der Waals surface area (Å²) in [6, 6.07) is 0. The van der Waals surface area contributed by atoms with E-state index in [9.17, 15) is 8.42 Å². The number of sulfonamides is 1. The zero-order valence-corrected chi connectivity index (χ0v) is 14.6. The van der Waals surface area contributed by atoms with Crippen molar-refractivity contribution in [3.63, 3.8) is 0 Å².